The van der Waals surface area contributed by atoms with Gasteiger partial charge in [-0.1, -0.05) is 11.6 Å². The molecule has 1 amide bonds. The van der Waals surface area contributed by atoms with E-state index >= 15 is 0 Å². The second-order valence-corrected chi connectivity index (χ2v) is 5.03. The van der Waals surface area contributed by atoms with Crippen molar-refractivity contribution in [2.24, 2.45) is 0 Å². The largest absolute Gasteiger partial charge is 0.452 e. The Labute approximate surface area is 130 Å². The van der Waals surface area contributed by atoms with Crippen molar-refractivity contribution in [3.05, 3.63) is 51.9 Å². The predicted molar refractivity (Wildman–Crippen MR) is 82.2 cm³/mol. The molecule has 21 heavy (non-hydrogen) atoms. The van der Waals surface area contributed by atoms with Gasteiger partial charge in [-0.05, 0) is 40.6 Å². The molecule has 0 saturated carbocycles. The summed E-state index contributed by atoms with van der Waals surface area (Å²) in [6, 6.07) is 5.11. The summed E-state index contributed by atoms with van der Waals surface area (Å²) in [5.74, 6) is -1.07. The Bertz CT molecular complexity index is 656. The molecule has 0 bridgehead atoms. The summed E-state index contributed by atoms with van der Waals surface area (Å²) in [4.78, 5) is 26.9. The normalized spacial score (nSPS) is 10.5. The van der Waals surface area contributed by atoms with E-state index in [1.807, 2.05) is 16.8 Å². The number of hydrogen-bond donors (Lipinski definition) is 1. The molecule has 2 rings (SSSR count). The molecule has 2 heterocycles. The van der Waals surface area contributed by atoms with Crippen LogP contribution in [0.2, 0.25) is 5.15 Å². The van der Waals surface area contributed by atoms with Crippen LogP contribution in [-0.4, -0.2) is 23.5 Å². The number of nitrogens with zero attached hydrogens (tertiary/aromatic N) is 1. The van der Waals surface area contributed by atoms with E-state index < -0.39 is 18.5 Å². The van der Waals surface area contributed by atoms with E-state index in [4.69, 9.17) is 16.3 Å². The maximum atomic E-state index is 11.6. The van der Waals surface area contributed by atoms with E-state index in [9.17, 15) is 9.59 Å². The summed E-state index contributed by atoms with van der Waals surface area (Å²) < 4.78 is 4.82. The molecule has 108 valence electrons. The van der Waals surface area contributed by atoms with E-state index in [1.54, 1.807) is 18.2 Å². The van der Waals surface area contributed by atoms with Crippen LogP contribution in [0.25, 0.3) is 6.08 Å². The Morgan fingerprint density at radius 3 is 3.00 bits per heavy atom. The molecule has 0 radical (unpaired) electrons. The Kier molecular flexibility index (Phi) is 5.48. The number of rotatable bonds is 5. The van der Waals surface area contributed by atoms with Gasteiger partial charge in [0.15, 0.2) is 11.8 Å². The van der Waals surface area contributed by atoms with Crippen molar-refractivity contribution in [3.8, 4) is 0 Å². The van der Waals surface area contributed by atoms with Crippen LogP contribution in [0.5, 0.6) is 0 Å². The van der Waals surface area contributed by atoms with E-state index in [0.717, 1.165) is 5.56 Å². The summed E-state index contributed by atoms with van der Waals surface area (Å²) >= 11 is 7.32. The fourth-order valence-corrected chi connectivity index (χ4v) is 2.18. The molecule has 0 spiro atoms. The van der Waals surface area contributed by atoms with Gasteiger partial charge in [0.1, 0.15) is 0 Å². The summed E-state index contributed by atoms with van der Waals surface area (Å²) in [5.41, 5.74) is 1.28. The average Bonchev–Trinajstić information content (AvgIpc) is 2.99. The summed E-state index contributed by atoms with van der Waals surface area (Å²) in [6.07, 6.45) is 4.40. The highest BCUT2D eigenvalue weighted by Gasteiger charge is 2.08. The number of halogens is 1. The number of aromatic nitrogens is 1. The van der Waals surface area contributed by atoms with Gasteiger partial charge in [-0.2, -0.15) is 11.3 Å². The van der Waals surface area contributed by atoms with E-state index in [2.05, 4.69) is 10.3 Å². The molecule has 0 fully saturated rings. The van der Waals surface area contributed by atoms with E-state index in [-0.39, 0.29) is 5.15 Å². The van der Waals surface area contributed by atoms with Gasteiger partial charge < -0.3 is 10.1 Å². The molecule has 0 aromatic carbocycles. The maximum absolute atomic E-state index is 11.6. The first-order chi connectivity index (χ1) is 10.1. The monoisotopic (exact) mass is 322 g/mol. The lowest BCUT2D eigenvalue weighted by Crippen LogP contribution is -2.20. The number of pyridine rings is 1. The van der Waals surface area contributed by atoms with E-state index in [0.29, 0.717) is 5.69 Å². The molecule has 7 heteroatoms. The van der Waals surface area contributed by atoms with Gasteiger partial charge in [0.2, 0.25) is 0 Å². The molecule has 1 N–H and O–H groups in total. The topological polar surface area (TPSA) is 68.3 Å². The standard InChI is InChI=1S/C14H11ClN2O3S/c15-14-11(2-1-6-16-14)17-12(18)8-20-13(19)4-3-10-5-7-21-9-10/h1-7,9H,8H2,(H,17,18)/b4-3+. The van der Waals surface area contributed by atoms with Crippen LogP contribution in [0, 0.1) is 0 Å². The lowest BCUT2D eigenvalue weighted by Gasteiger charge is -2.06. The van der Waals surface area contributed by atoms with Gasteiger partial charge in [0.05, 0.1) is 5.69 Å². The summed E-state index contributed by atoms with van der Waals surface area (Å²) in [7, 11) is 0. The van der Waals surface area contributed by atoms with Crippen molar-refractivity contribution in [3.63, 3.8) is 0 Å². The predicted octanol–water partition coefficient (Wildman–Crippen LogP) is 2.99. The number of carbonyl (C=O) groups excluding carboxylic acids is 2. The molecular formula is C14H11ClN2O3S. The first-order valence-electron chi connectivity index (χ1n) is 5.92. The lowest BCUT2D eigenvalue weighted by atomic mass is 10.3. The number of thiophene rings is 1. The second-order valence-electron chi connectivity index (χ2n) is 3.89. The average molecular weight is 323 g/mol. The van der Waals surface area contributed by atoms with Crippen LogP contribution in [0.1, 0.15) is 5.56 Å². The van der Waals surface area contributed by atoms with E-state index in [1.165, 1.54) is 23.6 Å². The van der Waals surface area contributed by atoms with Crippen molar-refractivity contribution >= 4 is 46.6 Å². The molecule has 0 aliphatic rings. The van der Waals surface area contributed by atoms with Crippen molar-refractivity contribution in [2.45, 2.75) is 0 Å². The van der Waals surface area contributed by atoms with Gasteiger partial charge >= 0.3 is 5.97 Å². The van der Waals surface area contributed by atoms with Gasteiger partial charge in [-0.15, -0.1) is 0 Å². The fourth-order valence-electron chi connectivity index (χ4n) is 1.38. The van der Waals surface area contributed by atoms with Crippen LogP contribution >= 0.6 is 22.9 Å². The first kappa shape index (κ1) is 15.2. The minimum atomic E-state index is -0.589. The minimum absolute atomic E-state index is 0.175. The molecule has 2 aromatic rings. The molecule has 0 aliphatic heterocycles. The second kappa shape index (κ2) is 7.56. The van der Waals surface area contributed by atoms with Gasteiger partial charge in [-0.25, -0.2) is 9.78 Å². The fraction of sp³-hybridized carbons (Fsp3) is 0.0714. The number of hydrogen-bond acceptors (Lipinski definition) is 5. The molecule has 0 atom stereocenters. The molecule has 0 aliphatic carbocycles. The third-order valence-electron chi connectivity index (χ3n) is 2.33. The number of esters is 1. The summed E-state index contributed by atoms with van der Waals surface area (Å²) in [6.45, 7) is -0.391. The smallest absolute Gasteiger partial charge is 0.331 e. The first-order valence-corrected chi connectivity index (χ1v) is 7.24. The van der Waals surface area contributed by atoms with Crippen LogP contribution in [0.15, 0.2) is 41.2 Å². The lowest BCUT2D eigenvalue weighted by molar-refractivity contribution is -0.142. The maximum Gasteiger partial charge on any atom is 0.331 e. The van der Waals surface area contributed by atoms with Crippen LogP contribution in [-0.2, 0) is 14.3 Å². The highest BCUT2D eigenvalue weighted by Crippen LogP contribution is 2.17. The zero-order chi connectivity index (χ0) is 15.1. The van der Waals surface area contributed by atoms with Crippen LogP contribution in [0.3, 0.4) is 0 Å². The quantitative estimate of drug-likeness (QED) is 0.522. The Hall–Kier alpha value is -2.18. The van der Waals surface area contributed by atoms with Crippen LogP contribution < -0.4 is 5.32 Å². The van der Waals surface area contributed by atoms with Crippen molar-refractivity contribution in [1.29, 1.82) is 0 Å². The van der Waals surface area contributed by atoms with Crippen molar-refractivity contribution < 1.29 is 14.3 Å². The Balaban J connectivity index is 1.79. The number of carbonyl (C=O) groups is 2. The molecule has 0 unspecified atom stereocenters. The third kappa shape index (κ3) is 5.02. The SMILES string of the molecule is O=C(COC(=O)/C=C/c1ccsc1)Nc1cccnc1Cl. The molecule has 5 nitrogen and oxygen atoms in total. The minimum Gasteiger partial charge on any atom is -0.452 e. The molecule has 2 aromatic heterocycles. The zero-order valence-electron chi connectivity index (χ0n) is 10.8. The zero-order valence-corrected chi connectivity index (χ0v) is 12.4. The van der Waals surface area contributed by atoms with Gasteiger partial charge in [0, 0.05) is 12.3 Å². The summed E-state index contributed by atoms with van der Waals surface area (Å²) in [5, 5.41) is 6.47. The van der Waals surface area contributed by atoms with Crippen molar-refractivity contribution in [1.82, 2.24) is 4.98 Å². The molecular weight excluding hydrogens is 312 g/mol. The highest BCUT2D eigenvalue weighted by molar-refractivity contribution is 7.08. The Morgan fingerprint density at radius 2 is 2.29 bits per heavy atom. The Morgan fingerprint density at radius 1 is 1.43 bits per heavy atom. The highest BCUT2D eigenvalue weighted by atomic mass is 35.5. The van der Waals surface area contributed by atoms with Crippen LogP contribution in [0.4, 0.5) is 5.69 Å². The van der Waals surface area contributed by atoms with Gasteiger partial charge in [-0.3, -0.25) is 4.79 Å². The number of ether oxygens (including phenoxy) is 1. The number of amides is 1. The third-order valence-corrected chi connectivity index (χ3v) is 3.34. The van der Waals surface area contributed by atoms with Gasteiger partial charge in [0.25, 0.3) is 5.91 Å². The number of nitrogens with one attached hydrogen (secondary N) is 1. The van der Waals surface area contributed by atoms with Crippen molar-refractivity contribution in [2.75, 3.05) is 11.9 Å². The molecule has 0 saturated heterocycles. The number of anilines is 1.